The Morgan fingerprint density at radius 1 is 1.50 bits per heavy atom. The summed E-state index contributed by atoms with van der Waals surface area (Å²) in [6.45, 7) is 3.98. The van der Waals surface area contributed by atoms with Crippen LogP contribution in [-0.2, 0) is 6.42 Å². The molecule has 20 heavy (non-hydrogen) atoms. The molecule has 0 bridgehead atoms. The summed E-state index contributed by atoms with van der Waals surface area (Å²) in [6, 6.07) is 4.78. The van der Waals surface area contributed by atoms with E-state index in [1.807, 2.05) is 13.8 Å². The minimum atomic E-state index is -0.405. The average Bonchev–Trinajstić information content (AvgIpc) is 2.78. The number of thiazole rings is 1. The number of hydrogen-bond acceptors (Lipinski definition) is 5. The Balaban J connectivity index is 2.23. The molecule has 0 radical (unpaired) electrons. The van der Waals surface area contributed by atoms with E-state index in [0.717, 1.165) is 17.0 Å². The highest BCUT2D eigenvalue weighted by Gasteiger charge is 2.16. The topological polar surface area (TPSA) is 71.5 Å². The number of aromatic hydroxyl groups is 1. The predicted octanol–water partition coefficient (Wildman–Crippen LogP) is 2.98. The molecule has 1 amide bonds. The molecule has 2 rings (SSSR count). The van der Waals surface area contributed by atoms with Crippen molar-refractivity contribution >= 4 is 22.4 Å². The highest BCUT2D eigenvalue weighted by Crippen LogP contribution is 2.30. The number of aryl methyl sites for hydroxylation is 2. The molecule has 0 atom stereocenters. The third-order valence-electron chi connectivity index (χ3n) is 2.91. The molecule has 0 aliphatic carbocycles. The van der Waals surface area contributed by atoms with Crippen molar-refractivity contribution in [1.29, 1.82) is 0 Å². The lowest BCUT2D eigenvalue weighted by molar-refractivity contribution is 0.102. The normalized spacial score (nSPS) is 10.3. The number of carbonyl (C=O) groups is 1. The van der Waals surface area contributed by atoms with Crippen LogP contribution in [0.2, 0.25) is 0 Å². The zero-order valence-electron chi connectivity index (χ0n) is 11.6. The summed E-state index contributed by atoms with van der Waals surface area (Å²) in [6.07, 6.45) is 0.822. The van der Waals surface area contributed by atoms with Crippen molar-refractivity contribution in [2.75, 3.05) is 12.4 Å². The van der Waals surface area contributed by atoms with Crippen molar-refractivity contribution in [3.05, 3.63) is 34.3 Å². The van der Waals surface area contributed by atoms with Crippen LogP contribution in [0.5, 0.6) is 11.5 Å². The van der Waals surface area contributed by atoms with Gasteiger partial charge in [-0.1, -0.05) is 13.0 Å². The first-order chi connectivity index (χ1) is 9.56. The number of hydrogen-bond donors (Lipinski definition) is 2. The first-order valence-corrected chi connectivity index (χ1v) is 7.02. The molecule has 0 saturated carbocycles. The van der Waals surface area contributed by atoms with Crippen LogP contribution in [0.25, 0.3) is 0 Å². The van der Waals surface area contributed by atoms with E-state index in [4.69, 9.17) is 4.74 Å². The summed E-state index contributed by atoms with van der Waals surface area (Å²) >= 11 is 1.42. The Hall–Kier alpha value is -2.08. The fraction of sp³-hybridized carbons (Fsp3) is 0.286. The fourth-order valence-electron chi connectivity index (χ4n) is 1.84. The number of ether oxygens (including phenoxy) is 1. The van der Waals surface area contributed by atoms with Crippen LogP contribution in [0.3, 0.4) is 0 Å². The molecular weight excluding hydrogens is 276 g/mol. The van der Waals surface area contributed by atoms with Gasteiger partial charge in [0.25, 0.3) is 5.91 Å². The molecule has 0 spiro atoms. The maximum atomic E-state index is 12.2. The number of nitrogens with one attached hydrogen (secondary N) is 1. The summed E-state index contributed by atoms with van der Waals surface area (Å²) < 4.78 is 4.98. The highest BCUT2D eigenvalue weighted by atomic mass is 32.1. The van der Waals surface area contributed by atoms with Crippen LogP contribution in [0.15, 0.2) is 18.2 Å². The molecule has 1 aromatic carbocycles. The largest absolute Gasteiger partial charge is 0.504 e. The molecule has 0 fully saturated rings. The minimum absolute atomic E-state index is 0.162. The van der Waals surface area contributed by atoms with E-state index in [1.165, 1.54) is 24.5 Å². The number of nitrogens with zero attached hydrogens (tertiary/aromatic N) is 1. The Kier molecular flexibility index (Phi) is 4.24. The van der Waals surface area contributed by atoms with Gasteiger partial charge >= 0.3 is 0 Å². The second-order valence-electron chi connectivity index (χ2n) is 4.19. The lowest BCUT2D eigenvalue weighted by Gasteiger charge is -2.07. The molecular formula is C14H16N2O3S. The summed E-state index contributed by atoms with van der Waals surface area (Å²) in [4.78, 5) is 17.6. The second kappa shape index (κ2) is 5.92. The molecule has 0 unspecified atom stereocenters. The molecule has 2 aromatic rings. The van der Waals surface area contributed by atoms with Crippen molar-refractivity contribution in [3.8, 4) is 11.5 Å². The van der Waals surface area contributed by atoms with Gasteiger partial charge in [0.15, 0.2) is 16.6 Å². The van der Waals surface area contributed by atoms with E-state index in [1.54, 1.807) is 12.1 Å². The summed E-state index contributed by atoms with van der Waals surface area (Å²) in [5, 5.41) is 13.2. The number of rotatable bonds is 4. The monoisotopic (exact) mass is 292 g/mol. The molecule has 0 saturated heterocycles. The molecule has 1 aromatic heterocycles. The van der Waals surface area contributed by atoms with E-state index in [-0.39, 0.29) is 17.1 Å². The minimum Gasteiger partial charge on any atom is -0.504 e. The summed E-state index contributed by atoms with van der Waals surface area (Å²) in [5.41, 5.74) is 1.13. The van der Waals surface area contributed by atoms with Gasteiger partial charge in [0.05, 0.1) is 18.4 Å². The van der Waals surface area contributed by atoms with E-state index in [2.05, 4.69) is 10.3 Å². The number of benzene rings is 1. The van der Waals surface area contributed by atoms with E-state index in [0.29, 0.717) is 5.13 Å². The number of para-hydroxylation sites is 1. The highest BCUT2D eigenvalue weighted by molar-refractivity contribution is 7.15. The Morgan fingerprint density at radius 3 is 2.85 bits per heavy atom. The van der Waals surface area contributed by atoms with Crippen molar-refractivity contribution in [2.24, 2.45) is 0 Å². The molecule has 5 nitrogen and oxygen atoms in total. The van der Waals surface area contributed by atoms with Gasteiger partial charge in [0.1, 0.15) is 0 Å². The van der Waals surface area contributed by atoms with Gasteiger partial charge in [-0.25, -0.2) is 4.98 Å². The van der Waals surface area contributed by atoms with Gasteiger partial charge in [-0.15, -0.1) is 11.3 Å². The van der Waals surface area contributed by atoms with Gasteiger partial charge in [-0.05, 0) is 25.5 Å². The molecule has 0 aliphatic rings. The molecule has 6 heteroatoms. The number of anilines is 1. The van der Waals surface area contributed by atoms with Crippen LogP contribution in [0.4, 0.5) is 5.13 Å². The predicted molar refractivity (Wildman–Crippen MR) is 78.8 cm³/mol. The standard InChI is InChI=1S/C14H16N2O3S/c1-4-10-8(2)20-14(15-10)16-13(18)9-6-5-7-11(19-3)12(9)17/h5-7,17H,4H2,1-3H3,(H,15,16,18). The Bertz CT molecular complexity index is 637. The lowest BCUT2D eigenvalue weighted by Crippen LogP contribution is -2.12. The quantitative estimate of drug-likeness (QED) is 0.908. The summed E-state index contributed by atoms with van der Waals surface area (Å²) in [5.74, 6) is -0.309. The van der Waals surface area contributed by atoms with Crippen molar-refractivity contribution < 1.29 is 14.6 Å². The maximum absolute atomic E-state index is 12.2. The SMILES string of the molecule is CCc1nc(NC(=O)c2cccc(OC)c2O)sc1C. The van der Waals surface area contributed by atoms with Gasteiger partial charge in [-0.3, -0.25) is 10.1 Å². The maximum Gasteiger partial charge on any atom is 0.261 e. The van der Waals surface area contributed by atoms with Gasteiger partial charge < -0.3 is 9.84 Å². The number of phenols is 1. The second-order valence-corrected chi connectivity index (χ2v) is 5.39. The average molecular weight is 292 g/mol. The third-order valence-corrected chi connectivity index (χ3v) is 3.84. The Morgan fingerprint density at radius 2 is 2.25 bits per heavy atom. The zero-order chi connectivity index (χ0) is 14.7. The molecule has 0 aliphatic heterocycles. The first kappa shape index (κ1) is 14.3. The molecule has 106 valence electrons. The van der Waals surface area contributed by atoms with Crippen LogP contribution in [-0.4, -0.2) is 23.1 Å². The summed E-state index contributed by atoms with van der Waals surface area (Å²) in [7, 11) is 1.44. The smallest absolute Gasteiger partial charge is 0.261 e. The Labute approximate surface area is 121 Å². The van der Waals surface area contributed by atoms with Crippen molar-refractivity contribution in [1.82, 2.24) is 4.98 Å². The zero-order valence-corrected chi connectivity index (χ0v) is 12.4. The number of phenolic OH excluding ortho intramolecular Hbond substituents is 1. The number of methoxy groups -OCH3 is 1. The third kappa shape index (κ3) is 2.75. The van der Waals surface area contributed by atoms with Gasteiger partial charge in [0, 0.05) is 4.88 Å². The number of aromatic nitrogens is 1. The number of carbonyl (C=O) groups excluding carboxylic acids is 1. The van der Waals surface area contributed by atoms with Gasteiger partial charge in [0.2, 0.25) is 0 Å². The van der Waals surface area contributed by atoms with Crippen LogP contribution >= 0.6 is 11.3 Å². The molecule has 1 heterocycles. The fourth-order valence-corrected chi connectivity index (χ4v) is 2.74. The van der Waals surface area contributed by atoms with Gasteiger partial charge in [-0.2, -0.15) is 0 Å². The van der Waals surface area contributed by atoms with Crippen molar-refractivity contribution in [3.63, 3.8) is 0 Å². The van der Waals surface area contributed by atoms with E-state index in [9.17, 15) is 9.90 Å². The van der Waals surface area contributed by atoms with Crippen LogP contribution in [0, 0.1) is 6.92 Å². The lowest BCUT2D eigenvalue weighted by atomic mass is 10.2. The van der Waals surface area contributed by atoms with Crippen molar-refractivity contribution in [2.45, 2.75) is 20.3 Å². The van der Waals surface area contributed by atoms with Crippen LogP contribution < -0.4 is 10.1 Å². The number of amides is 1. The van der Waals surface area contributed by atoms with E-state index < -0.39 is 5.91 Å². The first-order valence-electron chi connectivity index (χ1n) is 6.20. The van der Waals surface area contributed by atoms with E-state index >= 15 is 0 Å². The van der Waals surface area contributed by atoms with Crippen LogP contribution in [0.1, 0.15) is 27.9 Å². The molecule has 2 N–H and O–H groups in total.